The summed E-state index contributed by atoms with van der Waals surface area (Å²) in [6, 6.07) is 23.2. The van der Waals surface area contributed by atoms with Crippen LogP contribution in [0.4, 0.5) is 0 Å². The maximum absolute atomic E-state index is 2.47. The second-order valence-electron chi connectivity index (χ2n) is 11.7. The fourth-order valence-electron chi connectivity index (χ4n) is 5.79. The van der Waals surface area contributed by atoms with Crippen molar-refractivity contribution in [2.75, 3.05) is 0 Å². The van der Waals surface area contributed by atoms with Crippen LogP contribution in [-0.2, 0) is 18.9 Å². The van der Waals surface area contributed by atoms with Gasteiger partial charge in [0.25, 0.3) is 0 Å². The molecule has 1 heteroatoms. The number of rotatable bonds is 2. The van der Waals surface area contributed by atoms with Gasteiger partial charge in [-0.05, 0) is 69.7 Å². The molecule has 0 fully saturated rings. The lowest BCUT2D eigenvalue weighted by Crippen LogP contribution is -2.35. The Morgan fingerprint density at radius 3 is 2.24 bits per heavy atom. The molecule has 0 radical (unpaired) electrons. The maximum atomic E-state index is 2.47. The molecular weight excluding hydrogens is 398 g/mol. The molecule has 0 N–H and O–H groups in total. The highest BCUT2D eigenvalue weighted by Gasteiger charge is 2.36. The van der Waals surface area contributed by atoms with Crippen LogP contribution in [0.5, 0.6) is 0 Å². The van der Waals surface area contributed by atoms with Crippen molar-refractivity contribution in [2.45, 2.75) is 60.3 Å². The molecule has 0 spiro atoms. The molecule has 3 aromatic carbocycles. The zero-order valence-corrected chi connectivity index (χ0v) is 21.4. The van der Waals surface area contributed by atoms with Gasteiger partial charge in [-0.15, -0.1) is 0 Å². The van der Waals surface area contributed by atoms with Crippen LogP contribution in [0.15, 0.2) is 60.7 Å². The fourth-order valence-corrected chi connectivity index (χ4v) is 5.79. The average Bonchev–Trinajstić information content (AvgIpc) is 2.95. The molecule has 1 heterocycles. The van der Waals surface area contributed by atoms with E-state index in [1.165, 1.54) is 61.1 Å². The van der Waals surface area contributed by atoms with Crippen LogP contribution < -0.4 is 4.57 Å². The van der Waals surface area contributed by atoms with Crippen molar-refractivity contribution >= 4 is 10.8 Å². The molecule has 0 bridgehead atoms. The summed E-state index contributed by atoms with van der Waals surface area (Å²) in [5, 5.41) is 2.67. The van der Waals surface area contributed by atoms with Gasteiger partial charge in [0.05, 0.1) is 10.9 Å². The molecule has 0 unspecified atom stereocenters. The quantitative estimate of drug-likeness (QED) is 0.283. The Labute approximate surface area is 199 Å². The van der Waals surface area contributed by atoms with Crippen LogP contribution in [-0.4, -0.2) is 0 Å². The predicted molar refractivity (Wildman–Crippen MR) is 141 cm³/mol. The molecule has 0 amide bonds. The minimum Gasteiger partial charge on any atom is -0.198 e. The van der Waals surface area contributed by atoms with Crippen LogP contribution in [0.25, 0.3) is 33.2 Å². The van der Waals surface area contributed by atoms with Gasteiger partial charge >= 0.3 is 0 Å². The Morgan fingerprint density at radius 2 is 1.52 bits per heavy atom. The van der Waals surface area contributed by atoms with Gasteiger partial charge in [0.2, 0.25) is 5.69 Å². The molecule has 0 saturated heterocycles. The largest absolute Gasteiger partial charge is 0.220 e. The monoisotopic (exact) mass is 434 g/mol. The zero-order chi connectivity index (χ0) is 23.7. The summed E-state index contributed by atoms with van der Waals surface area (Å²) in [5.74, 6) is 0. The van der Waals surface area contributed by atoms with Crippen molar-refractivity contribution in [3.63, 3.8) is 0 Å². The van der Waals surface area contributed by atoms with E-state index in [2.05, 4.69) is 121 Å². The Hall–Kier alpha value is -2.93. The number of nitrogens with zero attached hydrogens (tertiary/aromatic N) is 1. The second kappa shape index (κ2) is 7.29. The minimum absolute atomic E-state index is 0.00640. The van der Waals surface area contributed by atoms with Crippen molar-refractivity contribution in [1.29, 1.82) is 0 Å². The van der Waals surface area contributed by atoms with Crippen molar-refractivity contribution < 1.29 is 4.57 Å². The van der Waals surface area contributed by atoms with Crippen LogP contribution in [0.2, 0.25) is 0 Å². The fraction of sp³-hybridized carbons (Fsp3) is 0.344. The van der Waals surface area contributed by atoms with E-state index in [0.29, 0.717) is 0 Å². The van der Waals surface area contributed by atoms with E-state index in [4.69, 9.17) is 0 Å². The van der Waals surface area contributed by atoms with Gasteiger partial charge in [-0.3, -0.25) is 0 Å². The van der Waals surface area contributed by atoms with E-state index < -0.39 is 0 Å². The molecule has 1 aromatic heterocycles. The van der Waals surface area contributed by atoms with E-state index in [0.717, 1.165) is 6.42 Å². The van der Waals surface area contributed by atoms with Crippen molar-refractivity contribution in [3.05, 3.63) is 88.6 Å². The third-order valence-corrected chi connectivity index (χ3v) is 7.52. The van der Waals surface area contributed by atoms with Gasteiger partial charge in [-0.2, -0.15) is 4.57 Å². The topological polar surface area (TPSA) is 3.88 Å². The molecule has 5 rings (SSSR count). The van der Waals surface area contributed by atoms with E-state index in [9.17, 15) is 0 Å². The number of aryl methyl sites for hydroxylation is 2. The Balaban J connectivity index is 1.75. The SMILES string of the molecule is Cc1cc2c(cc1-c1c3ccc(CC(C)(C)C)cc3cc(C)[n+]1C)C(C)(C)c1ccccc1-2. The number of pyridine rings is 1. The first-order valence-corrected chi connectivity index (χ1v) is 12.1. The molecule has 1 aliphatic carbocycles. The van der Waals surface area contributed by atoms with Gasteiger partial charge in [0.15, 0.2) is 5.69 Å². The number of benzene rings is 3. The third kappa shape index (κ3) is 3.50. The van der Waals surface area contributed by atoms with Crippen molar-refractivity contribution in [2.24, 2.45) is 12.5 Å². The first kappa shape index (κ1) is 21.9. The molecule has 0 atom stereocenters. The molecule has 1 aliphatic rings. The summed E-state index contributed by atoms with van der Waals surface area (Å²) < 4.78 is 2.37. The summed E-state index contributed by atoms with van der Waals surface area (Å²) in [7, 11) is 2.21. The number of hydrogen-bond acceptors (Lipinski definition) is 0. The molecule has 4 aromatic rings. The summed E-state index contributed by atoms with van der Waals surface area (Å²) in [6.07, 6.45) is 1.09. The van der Waals surface area contributed by atoms with Crippen LogP contribution in [0.1, 0.15) is 62.6 Å². The van der Waals surface area contributed by atoms with E-state index in [1.54, 1.807) is 0 Å². The summed E-state index contributed by atoms with van der Waals surface area (Å²) >= 11 is 0. The summed E-state index contributed by atoms with van der Waals surface area (Å²) in [4.78, 5) is 0. The number of fused-ring (bicyclic) bond motifs is 4. The summed E-state index contributed by atoms with van der Waals surface area (Å²) in [5.41, 5.74) is 12.6. The molecule has 0 aliphatic heterocycles. The first-order valence-electron chi connectivity index (χ1n) is 12.1. The maximum Gasteiger partial charge on any atom is 0.220 e. The van der Waals surface area contributed by atoms with Gasteiger partial charge in [-0.1, -0.05) is 77.1 Å². The first-order chi connectivity index (χ1) is 15.5. The highest BCUT2D eigenvalue weighted by atomic mass is 14.9. The third-order valence-electron chi connectivity index (χ3n) is 7.52. The van der Waals surface area contributed by atoms with Crippen LogP contribution in [0, 0.1) is 19.3 Å². The average molecular weight is 435 g/mol. The van der Waals surface area contributed by atoms with Crippen molar-refractivity contribution in [3.8, 4) is 22.4 Å². The number of aromatic nitrogens is 1. The van der Waals surface area contributed by atoms with Crippen LogP contribution in [0.3, 0.4) is 0 Å². The molecule has 168 valence electrons. The minimum atomic E-state index is 0.00640. The normalized spacial score (nSPS) is 14.4. The lowest BCUT2D eigenvalue weighted by Gasteiger charge is -2.22. The standard InChI is InChI=1S/C32H36N/c1-20-15-27-25-11-9-10-12-28(25)32(6,7)29(27)18-26(20)30-24-14-13-22(19-31(3,4)5)17-23(24)16-21(2)33(30)8/h9-18H,19H2,1-8H3/q+1. The molecule has 1 nitrogen and oxygen atoms in total. The molecule has 33 heavy (non-hydrogen) atoms. The Bertz CT molecular complexity index is 1410. The highest BCUT2D eigenvalue weighted by molar-refractivity contribution is 5.95. The predicted octanol–water partition coefficient (Wildman–Crippen LogP) is 7.84. The van der Waals surface area contributed by atoms with E-state index in [1.807, 2.05) is 0 Å². The highest BCUT2D eigenvalue weighted by Crippen LogP contribution is 2.50. The van der Waals surface area contributed by atoms with Crippen LogP contribution >= 0.6 is 0 Å². The molecular formula is C32H36N+. The van der Waals surface area contributed by atoms with Crippen molar-refractivity contribution in [1.82, 2.24) is 0 Å². The summed E-state index contributed by atoms with van der Waals surface area (Å²) in [6.45, 7) is 16.2. The molecule has 0 saturated carbocycles. The Morgan fingerprint density at radius 1 is 0.788 bits per heavy atom. The Kier molecular flexibility index (Phi) is 4.83. The van der Waals surface area contributed by atoms with E-state index in [-0.39, 0.29) is 10.8 Å². The second-order valence-corrected chi connectivity index (χ2v) is 11.7. The lowest BCUT2D eigenvalue weighted by atomic mass is 9.81. The van der Waals surface area contributed by atoms with Gasteiger partial charge < -0.3 is 0 Å². The van der Waals surface area contributed by atoms with E-state index >= 15 is 0 Å². The van der Waals surface area contributed by atoms with Gasteiger partial charge in [0, 0.05) is 18.4 Å². The van der Waals surface area contributed by atoms with Gasteiger partial charge in [-0.25, -0.2) is 0 Å². The smallest absolute Gasteiger partial charge is 0.198 e. The number of hydrogen-bond donors (Lipinski definition) is 0. The van der Waals surface area contributed by atoms with Gasteiger partial charge in [0.1, 0.15) is 7.05 Å². The lowest BCUT2D eigenvalue weighted by molar-refractivity contribution is -0.665. The zero-order valence-electron chi connectivity index (χ0n) is 21.4.